The van der Waals surface area contributed by atoms with Crippen LogP contribution >= 0.6 is 0 Å². The summed E-state index contributed by atoms with van der Waals surface area (Å²) in [5.74, 6) is 1.53. The van der Waals surface area contributed by atoms with E-state index in [1.165, 1.54) is 25.7 Å². The summed E-state index contributed by atoms with van der Waals surface area (Å²) in [6.45, 7) is 14.2. The number of fused-ring (bicyclic) bond motifs is 1. The largest absolute Gasteiger partial charge is 0.492 e. The number of carbonyl (C=O) groups is 1. The molecule has 2 aliphatic rings. The molecular formula is C30H43N3O4. The highest BCUT2D eigenvalue weighted by Gasteiger charge is 2.37. The topological polar surface area (TPSA) is 84.8 Å². The molecule has 0 amide bonds. The second kappa shape index (κ2) is 11.4. The number of aliphatic carboxylic acids is 1. The monoisotopic (exact) mass is 509 g/mol. The minimum absolute atomic E-state index is 0.425. The Hall–Kier alpha value is -2.67. The molecule has 2 aromatic rings. The number of aryl methyl sites for hydroxylation is 1. The van der Waals surface area contributed by atoms with Crippen LogP contribution in [0.25, 0.3) is 11.3 Å². The number of rotatable bonds is 8. The lowest BCUT2D eigenvalue weighted by Gasteiger charge is -2.44. The minimum atomic E-state index is -1.12. The smallest absolute Gasteiger partial charge is 0.337 e. The highest BCUT2D eigenvalue weighted by atomic mass is 16.5. The maximum Gasteiger partial charge on any atom is 0.337 e. The molecule has 2 aromatic heterocycles. The van der Waals surface area contributed by atoms with Gasteiger partial charge in [-0.2, -0.15) is 0 Å². The fraction of sp³-hybridized carbons (Fsp3) is 0.633. The minimum Gasteiger partial charge on any atom is -0.492 e. The van der Waals surface area contributed by atoms with Crippen molar-refractivity contribution in [1.82, 2.24) is 9.97 Å². The molecule has 2 fully saturated rings. The zero-order valence-corrected chi connectivity index (χ0v) is 23.3. The van der Waals surface area contributed by atoms with Crippen LogP contribution in [0.1, 0.15) is 84.1 Å². The lowest BCUT2D eigenvalue weighted by Crippen LogP contribution is -2.43. The summed E-state index contributed by atoms with van der Waals surface area (Å²) in [6.07, 6.45) is 8.71. The van der Waals surface area contributed by atoms with Gasteiger partial charge in [-0.05, 0) is 70.4 Å². The Balaban J connectivity index is 1.80. The molecule has 3 atom stereocenters. The summed E-state index contributed by atoms with van der Waals surface area (Å²) < 4.78 is 12.0. The average molecular weight is 510 g/mol. The second-order valence-corrected chi connectivity index (χ2v) is 12.1. The molecule has 1 saturated carbocycles. The molecule has 4 rings (SSSR count). The molecule has 3 heterocycles. The summed E-state index contributed by atoms with van der Waals surface area (Å²) in [6, 6.07) is 3.88. The predicted octanol–water partition coefficient (Wildman–Crippen LogP) is 6.44. The van der Waals surface area contributed by atoms with Crippen molar-refractivity contribution in [1.29, 1.82) is 0 Å². The molecule has 37 heavy (non-hydrogen) atoms. The number of hydrogen-bond acceptors (Lipinski definition) is 6. The number of anilines is 1. The maximum absolute atomic E-state index is 12.6. The van der Waals surface area contributed by atoms with Gasteiger partial charge >= 0.3 is 5.97 Å². The first-order chi connectivity index (χ1) is 17.5. The van der Waals surface area contributed by atoms with Crippen LogP contribution in [0.4, 0.5) is 5.69 Å². The predicted molar refractivity (Wildman–Crippen MR) is 146 cm³/mol. The summed E-state index contributed by atoms with van der Waals surface area (Å²) in [5, 5.41) is 10.3. The van der Waals surface area contributed by atoms with Crippen molar-refractivity contribution >= 4 is 11.7 Å². The number of pyridine rings is 2. The molecule has 0 aromatic carbocycles. The first-order valence-electron chi connectivity index (χ1n) is 13.8. The summed E-state index contributed by atoms with van der Waals surface area (Å²) >= 11 is 0. The molecule has 202 valence electrons. The number of ether oxygens (including phenoxy) is 2. The fourth-order valence-corrected chi connectivity index (χ4v) is 5.73. The molecule has 2 unspecified atom stereocenters. The van der Waals surface area contributed by atoms with Crippen LogP contribution in [-0.4, -0.2) is 46.3 Å². The lowest BCUT2D eigenvalue weighted by molar-refractivity contribution is -0.160. The van der Waals surface area contributed by atoms with Crippen LogP contribution in [0, 0.1) is 24.7 Å². The number of aromatic nitrogens is 2. The Labute approximate surface area is 221 Å². The molecule has 1 aliphatic heterocycles. The molecule has 0 bridgehead atoms. The molecular weight excluding hydrogens is 466 g/mol. The first kappa shape index (κ1) is 27.4. The van der Waals surface area contributed by atoms with Crippen LogP contribution in [0.2, 0.25) is 0 Å². The lowest BCUT2D eigenvalue weighted by atomic mass is 9.75. The van der Waals surface area contributed by atoms with Crippen LogP contribution in [0.5, 0.6) is 5.75 Å². The van der Waals surface area contributed by atoms with Gasteiger partial charge in [0.25, 0.3) is 0 Å². The molecule has 7 nitrogen and oxygen atoms in total. The van der Waals surface area contributed by atoms with E-state index in [-0.39, 0.29) is 0 Å². The standard InChI is InChI=1S/C30H43N3O4/c1-19(2)18-36-23-11-12-25(32-15-23)24-16-31-20(3)26(28(29(34)35)37-30(4,5)6)27(24)33-14-13-21-9-7-8-10-22(21)17-33/h11-12,15-16,19,21-22,28H,7-10,13-14,17-18H2,1-6H3,(H,34,35)/t21?,22?,28-/m0/s1. The van der Waals surface area contributed by atoms with Crippen LogP contribution in [0.3, 0.4) is 0 Å². The van der Waals surface area contributed by atoms with E-state index in [4.69, 9.17) is 14.5 Å². The Bertz CT molecular complexity index is 1080. The van der Waals surface area contributed by atoms with Gasteiger partial charge in [0.05, 0.1) is 29.8 Å². The van der Waals surface area contributed by atoms with E-state index >= 15 is 0 Å². The number of carboxylic acids is 1. The van der Waals surface area contributed by atoms with Gasteiger partial charge in [-0.15, -0.1) is 0 Å². The van der Waals surface area contributed by atoms with Crippen LogP contribution in [-0.2, 0) is 9.53 Å². The van der Waals surface area contributed by atoms with Crippen molar-refractivity contribution < 1.29 is 19.4 Å². The highest BCUT2D eigenvalue weighted by molar-refractivity contribution is 5.85. The van der Waals surface area contributed by atoms with Gasteiger partial charge in [0.1, 0.15) is 5.75 Å². The summed E-state index contributed by atoms with van der Waals surface area (Å²) in [5.41, 5.74) is 3.18. The Morgan fingerprint density at radius 3 is 2.46 bits per heavy atom. The Morgan fingerprint density at radius 1 is 1.11 bits per heavy atom. The van der Waals surface area contributed by atoms with Crippen LogP contribution < -0.4 is 9.64 Å². The summed E-state index contributed by atoms with van der Waals surface area (Å²) in [4.78, 5) is 24.4. The van der Waals surface area contributed by atoms with E-state index in [2.05, 4.69) is 23.7 Å². The fourth-order valence-electron chi connectivity index (χ4n) is 5.73. The van der Waals surface area contributed by atoms with E-state index < -0.39 is 17.7 Å². The van der Waals surface area contributed by atoms with Crippen molar-refractivity contribution in [2.24, 2.45) is 17.8 Å². The van der Waals surface area contributed by atoms with Gasteiger partial charge < -0.3 is 19.5 Å². The quantitative estimate of drug-likeness (QED) is 0.438. The van der Waals surface area contributed by atoms with Crippen molar-refractivity contribution in [3.63, 3.8) is 0 Å². The first-order valence-corrected chi connectivity index (χ1v) is 13.8. The van der Waals surface area contributed by atoms with Gasteiger partial charge in [-0.1, -0.05) is 33.1 Å². The van der Waals surface area contributed by atoms with Crippen molar-refractivity contribution in [2.45, 2.75) is 85.4 Å². The number of hydrogen-bond donors (Lipinski definition) is 1. The van der Waals surface area contributed by atoms with E-state index in [1.807, 2.05) is 46.0 Å². The highest BCUT2D eigenvalue weighted by Crippen LogP contribution is 2.44. The number of piperidine rings is 1. The van der Waals surface area contributed by atoms with Gasteiger partial charge in [0.2, 0.25) is 0 Å². The Kier molecular flexibility index (Phi) is 8.42. The zero-order valence-electron chi connectivity index (χ0n) is 23.3. The van der Waals surface area contributed by atoms with Crippen molar-refractivity contribution in [2.75, 3.05) is 24.6 Å². The van der Waals surface area contributed by atoms with Gasteiger partial charge in [-0.25, -0.2) is 4.79 Å². The van der Waals surface area contributed by atoms with E-state index in [0.717, 1.165) is 48.1 Å². The maximum atomic E-state index is 12.6. The average Bonchev–Trinajstić information content (AvgIpc) is 2.85. The number of carboxylic acid groups (broad SMARTS) is 1. The van der Waals surface area contributed by atoms with E-state index in [0.29, 0.717) is 29.7 Å². The van der Waals surface area contributed by atoms with Gasteiger partial charge in [0.15, 0.2) is 6.10 Å². The third-order valence-electron chi connectivity index (χ3n) is 7.45. The third kappa shape index (κ3) is 6.61. The normalized spacial score (nSPS) is 21.0. The molecule has 0 radical (unpaired) electrons. The zero-order chi connectivity index (χ0) is 26.7. The van der Waals surface area contributed by atoms with E-state index in [9.17, 15) is 9.90 Å². The van der Waals surface area contributed by atoms with Gasteiger partial charge in [0, 0.05) is 36.1 Å². The Morgan fingerprint density at radius 2 is 1.84 bits per heavy atom. The molecule has 1 saturated heterocycles. The van der Waals surface area contributed by atoms with Gasteiger partial charge in [-0.3, -0.25) is 9.97 Å². The van der Waals surface area contributed by atoms with Crippen molar-refractivity contribution in [3.8, 4) is 17.0 Å². The van der Waals surface area contributed by atoms with E-state index in [1.54, 1.807) is 6.20 Å². The molecule has 1 aliphatic carbocycles. The van der Waals surface area contributed by atoms with Crippen molar-refractivity contribution in [3.05, 3.63) is 35.8 Å². The SMILES string of the molecule is Cc1ncc(-c2ccc(OCC(C)C)cn2)c(N2CCC3CCCCC3C2)c1[C@H](OC(C)(C)C)C(=O)O. The third-order valence-corrected chi connectivity index (χ3v) is 7.45. The van der Waals surface area contributed by atoms with Crippen LogP contribution in [0.15, 0.2) is 24.5 Å². The summed E-state index contributed by atoms with van der Waals surface area (Å²) in [7, 11) is 0. The molecule has 0 spiro atoms. The number of nitrogens with zero attached hydrogens (tertiary/aromatic N) is 3. The molecule has 1 N–H and O–H groups in total. The molecule has 7 heteroatoms. The second-order valence-electron chi connectivity index (χ2n) is 12.1.